The largest absolute Gasteiger partial charge is 0.383 e. The molecule has 0 heterocycles. The van der Waals surface area contributed by atoms with Gasteiger partial charge in [0.1, 0.15) is 0 Å². The highest BCUT2D eigenvalue weighted by Gasteiger charge is 2.32. The third kappa shape index (κ3) is 5.80. The third-order valence-electron chi connectivity index (χ3n) is 4.56. The van der Waals surface area contributed by atoms with Gasteiger partial charge in [0.2, 0.25) is 0 Å². The first-order chi connectivity index (χ1) is 8.90. The Labute approximate surface area is 120 Å². The number of hydrogen-bond acceptors (Lipinski definition) is 3. The fraction of sp³-hybridized carbons (Fsp3) is 1.00. The average Bonchev–Trinajstić information content (AvgIpc) is 3.15. The maximum absolute atomic E-state index is 5.27. The summed E-state index contributed by atoms with van der Waals surface area (Å²) >= 11 is 0. The molecule has 0 saturated heterocycles. The SMILES string of the molecule is CNC(CCN(CCOC)C(C)C1CC1)C(C)(C)C. The first kappa shape index (κ1) is 16.9. The lowest BCUT2D eigenvalue weighted by Gasteiger charge is -2.35. The molecule has 3 nitrogen and oxygen atoms in total. The maximum atomic E-state index is 5.27. The normalized spacial score (nSPS) is 19.7. The Bertz CT molecular complexity index is 246. The fourth-order valence-corrected chi connectivity index (χ4v) is 2.91. The minimum atomic E-state index is 0.324. The topological polar surface area (TPSA) is 24.5 Å². The van der Waals surface area contributed by atoms with Crippen LogP contribution in [0.3, 0.4) is 0 Å². The van der Waals surface area contributed by atoms with Crippen LogP contribution in [0.1, 0.15) is 47.0 Å². The number of nitrogens with zero attached hydrogens (tertiary/aromatic N) is 1. The fourth-order valence-electron chi connectivity index (χ4n) is 2.91. The van der Waals surface area contributed by atoms with Gasteiger partial charge in [-0.1, -0.05) is 20.8 Å². The second-order valence-electron chi connectivity index (χ2n) is 7.10. The summed E-state index contributed by atoms with van der Waals surface area (Å²) in [5.74, 6) is 0.930. The Morgan fingerprint density at radius 3 is 2.32 bits per heavy atom. The van der Waals surface area contributed by atoms with Crippen LogP contribution in [0.2, 0.25) is 0 Å². The molecule has 2 unspecified atom stereocenters. The molecule has 1 N–H and O–H groups in total. The minimum Gasteiger partial charge on any atom is -0.383 e. The van der Waals surface area contributed by atoms with Crippen molar-refractivity contribution in [3.8, 4) is 0 Å². The zero-order valence-corrected chi connectivity index (χ0v) is 13.8. The van der Waals surface area contributed by atoms with Crippen molar-refractivity contribution in [2.24, 2.45) is 11.3 Å². The number of rotatable bonds is 9. The summed E-state index contributed by atoms with van der Waals surface area (Å²) in [6.45, 7) is 12.4. The molecule has 0 aliphatic heterocycles. The maximum Gasteiger partial charge on any atom is 0.0589 e. The van der Waals surface area contributed by atoms with Crippen molar-refractivity contribution < 1.29 is 4.74 Å². The number of nitrogens with one attached hydrogen (secondary N) is 1. The van der Waals surface area contributed by atoms with Crippen molar-refractivity contribution in [2.45, 2.75) is 59.0 Å². The monoisotopic (exact) mass is 270 g/mol. The van der Waals surface area contributed by atoms with Gasteiger partial charge >= 0.3 is 0 Å². The molecule has 3 heteroatoms. The van der Waals surface area contributed by atoms with Crippen LogP contribution in [0.5, 0.6) is 0 Å². The van der Waals surface area contributed by atoms with Crippen molar-refractivity contribution >= 4 is 0 Å². The van der Waals surface area contributed by atoms with Crippen LogP contribution in [0.4, 0.5) is 0 Å². The second kappa shape index (κ2) is 7.61. The molecule has 0 radical (unpaired) electrons. The van der Waals surface area contributed by atoms with E-state index in [-0.39, 0.29) is 0 Å². The highest BCUT2D eigenvalue weighted by atomic mass is 16.5. The molecule has 0 spiro atoms. The van der Waals surface area contributed by atoms with E-state index >= 15 is 0 Å². The molecular formula is C16H34N2O. The molecule has 114 valence electrons. The van der Waals surface area contributed by atoms with E-state index in [9.17, 15) is 0 Å². The van der Waals surface area contributed by atoms with Crippen molar-refractivity contribution in [3.05, 3.63) is 0 Å². The first-order valence-corrected chi connectivity index (χ1v) is 7.80. The number of ether oxygens (including phenoxy) is 1. The van der Waals surface area contributed by atoms with Gasteiger partial charge in [-0.2, -0.15) is 0 Å². The molecule has 2 atom stereocenters. The van der Waals surface area contributed by atoms with Crippen LogP contribution < -0.4 is 5.32 Å². The Balaban J connectivity index is 2.46. The van der Waals surface area contributed by atoms with Gasteiger partial charge in [0, 0.05) is 32.3 Å². The van der Waals surface area contributed by atoms with Crippen molar-refractivity contribution in [2.75, 3.05) is 33.9 Å². The standard InChI is InChI=1S/C16H34N2O/c1-13(14-7-8-14)18(11-12-19-6)10-9-15(17-5)16(2,3)4/h13-15,17H,7-12H2,1-6H3. The van der Waals surface area contributed by atoms with Gasteiger partial charge in [-0.25, -0.2) is 0 Å². The Hall–Kier alpha value is -0.120. The molecule has 1 aliphatic carbocycles. The van der Waals surface area contributed by atoms with E-state index in [0.717, 1.165) is 19.1 Å². The molecule has 1 fully saturated rings. The van der Waals surface area contributed by atoms with E-state index in [2.05, 4.69) is 45.0 Å². The summed E-state index contributed by atoms with van der Waals surface area (Å²) < 4.78 is 5.27. The summed E-state index contributed by atoms with van der Waals surface area (Å²) in [7, 11) is 3.88. The summed E-state index contributed by atoms with van der Waals surface area (Å²) in [5, 5.41) is 3.48. The molecule has 1 saturated carbocycles. The van der Waals surface area contributed by atoms with Crippen molar-refractivity contribution in [3.63, 3.8) is 0 Å². The molecule has 0 amide bonds. The van der Waals surface area contributed by atoms with Crippen LogP contribution in [0, 0.1) is 11.3 Å². The van der Waals surface area contributed by atoms with Gasteiger partial charge in [-0.3, -0.25) is 4.90 Å². The number of methoxy groups -OCH3 is 1. The zero-order chi connectivity index (χ0) is 14.5. The Kier molecular flexibility index (Phi) is 6.78. The van der Waals surface area contributed by atoms with Crippen LogP contribution in [0.25, 0.3) is 0 Å². The quantitative estimate of drug-likeness (QED) is 0.697. The summed E-state index contributed by atoms with van der Waals surface area (Å²) in [5.41, 5.74) is 0.324. The molecule has 1 aliphatic rings. The van der Waals surface area contributed by atoms with Gasteiger partial charge in [-0.15, -0.1) is 0 Å². The van der Waals surface area contributed by atoms with Gasteiger partial charge in [0.25, 0.3) is 0 Å². The molecule has 1 rings (SSSR count). The highest BCUT2D eigenvalue weighted by molar-refractivity contribution is 4.87. The Morgan fingerprint density at radius 2 is 1.89 bits per heavy atom. The van der Waals surface area contributed by atoms with E-state index in [1.807, 2.05) is 0 Å². The average molecular weight is 270 g/mol. The predicted octanol–water partition coefficient (Wildman–Crippen LogP) is 2.76. The lowest BCUT2D eigenvalue weighted by molar-refractivity contribution is 0.107. The van der Waals surface area contributed by atoms with E-state index in [4.69, 9.17) is 4.74 Å². The van der Waals surface area contributed by atoms with Crippen LogP contribution >= 0.6 is 0 Å². The number of hydrogen-bond donors (Lipinski definition) is 1. The molecule has 0 bridgehead atoms. The molecule has 0 aromatic heterocycles. The second-order valence-corrected chi connectivity index (χ2v) is 7.10. The lowest BCUT2D eigenvalue weighted by atomic mass is 9.84. The molecule has 0 aromatic carbocycles. The van der Waals surface area contributed by atoms with Crippen LogP contribution in [-0.4, -0.2) is 50.8 Å². The Morgan fingerprint density at radius 1 is 1.26 bits per heavy atom. The van der Waals surface area contributed by atoms with Crippen LogP contribution in [0.15, 0.2) is 0 Å². The van der Waals surface area contributed by atoms with E-state index in [1.165, 1.54) is 25.8 Å². The van der Waals surface area contributed by atoms with Crippen molar-refractivity contribution in [1.29, 1.82) is 0 Å². The first-order valence-electron chi connectivity index (χ1n) is 7.80. The zero-order valence-electron chi connectivity index (χ0n) is 13.8. The van der Waals surface area contributed by atoms with E-state index < -0.39 is 0 Å². The predicted molar refractivity (Wildman–Crippen MR) is 82.6 cm³/mol. The highest BCUT2D eigenvalue weighted by Crippen LogP contribution is 2.35. The molecule has 0 aromatic rings. The molecular weight excluding hydrogens is 236 g/mol. The smallest absolute Gasteiger partial charge is 0.0589 e. The summed E-state index contributed by atoms with van der Waals surface area (Å²) in [6.07, 6.45) is 4.04. The van der Waals surface area contributed by atoms with Gasteiger partial charge in [0.05, 0.1) is 6.61 Å². The third-order valence-corrected chi connectivity index (χ3v) is 4.56. The van der Waals surface area contributed by atoms with Gasteiger partial charge in [0.15, 0.2) is 0 Å². The van der Waals surface area contributed by atoms with Gasteiger partial charge < -0.3 is 10.1 Å². The minimum absolute atomic E-state index is 0.324. The van der Waals surface area contributed by atoms with Crippen LogP contribution in [-0.2, 0) is 4.74 Å². The van der Waals surface area contributed by atoms with Gasteiger partial charge in [-0.05, 0) is 44.6 Å². The van der Waals surface area contributed by atoms with E-state index in [1.54, 1.807) is 7.11 Å². The summed E-state index contributed by atoms with van der Waals surface area (Å²) in [4.78, 5) is 2.62. The van der Waals surface area contributed by atoms with E-state index in [0.29, 0.717) is 17.5 Å². The summed E-state index contributed by atoms with van der Waals surface area (Å²) in [6, 6.07) is 1.29. The molecule has 19 heavy (non-hydrogen) atoms. The van der Waals surface area contributed by atoms with Crippen molar-refractivity contribution in [1.82, 2.24) is 10.2 Å². The lowest BCUT2D eigenvalue weighted by Crippen LogP contribution is -2.44.